The number of halogens is 1. The lowest BCUT2D eigenvalue weighted by molar-refractivity contribution is -0.690. The predicted molar refractivity (Wildman–Crippen MR) is 63.0 cm³/mol. The number of aryl methyl sites for hydroxylation is 1. The SMILES string of the molecule is Cc1cccc[n+]1CC(=O)C1CCCCC1.[Br-]. The minimum Gasteiger partial charge on any atom is -1.00 e. The Morgan fingerprint density at radius 1 is 1.29 bits per heavy atom. The van der Waals surface area contributed by atoms with Crippen LogP contribution in [0.1, 0.15) is 37.8 Å². The van der Waals surface area contributed by atoms with Gasteiger partial charge in [0.1, 0.15) is 0 Å². The lowest BCUT2D eigenvalue weighted by Crippen LogP contribution is -3.00. The summed E-state index contributed by atoms with van der Waals surface area (Å²) in [7, 11) is 0. The van der Waals surface area contributed by atoms with Crippen LogP contribution in [0.2, 0.25) is 0 Å². The molecule has 0 aromatic carbocycles. The van der Waals surface area contributed by atoms with Gasteiger partial charge in [0, 0.05) is 25.0 Å². The summed E-state index contributed by atoms with van der Waals surface area (Å²) in [5.41, 5.74) is 1.16. The third kappa shape index (κ3) is 3.91. The Labute approximate surface area is 114 Å². The summed E-state index contributed by atoms with van der Waals surface area (Å²) in [5, 5.41) is 0. The summed E-state index contributed by atoms with van der Waals surface area (Å²) in [6.45, 7) is 2.60. The first-order valence-corrected chi connectivity index (χ1v) is 6.25. The van der Waals surface area contributed by atoms with Gasteiger partial charge in [-0.05, 0) is 12.8 Å². The number of hydrogen-bond donors (Lipinski definition) is 0. The maximum Gasteiger partial charge on any atom is 0.206 e. The molecule has 1 aromatic rings. The Morgan fingerprint density at radius 3 is 2.65 bits per heavy atom. The quantitative estimate of drug-likeness (QED) is 0.685. The third-order valence-corrected chi connectivity index (χ3v) is 3.55. The van der Waals surface area contributed by atoms with Gasteiger partial charge in [0.2, 0.25) is 12.3 Å². The van der Waals surface area contributed by atoms with Crippen LogP contribution in [-0.2, 0) is 11.3 Å². The molecule has 1 fully saturated rings. The number of ketones is 1. The van der Waals surface area contributed by atoms with Crippen molar-refractivity contribution in [2.45, 2.75) is 45.6 Å². The van der Waals surface area contributed by atoms with Crippen molar-refractivity contribution in [1.29, 1.82) is 0 Å². The lowest BCUT2D eigenvalue weighted by Gasteiger charge is -2.18. The predicted octanol–water partition coefficient (Wildman–Crippen LogP) is -0.564. The van der Waals surface area contributed by atoms with Gasteiger partial charge in [-0.15, -0.1) is 0 Å². The normalized spacial score (nSPS) is 16.3. The number of Topliss-reactive ketones (excluding diaryl/α,β-unsaturated/α-hetero) is 1. The zero-order chi connectivity index (χ0) is 11.4. The van der Waals surface area contributed by atoms with E-state index in [1.807, 2.05) is 31.3 Å². The number of aromatic nitrogens is 1. The van der Waals surface area contributed by atoms with E-state index in [0.29, 0.717) is 18.2 Å². The maximum absolute atomic E-state index is 12.1. The molecule has 1 aromatic heterocycles. The third-order valence-electron chi connectivity index (χ3n) is 3.55. The number of hydrogen-bond acceptors (Lipinski definition) is 1. The molecule has 1 aliphatic carbocycles. The molecule has 2 nitrogen and oxygen atoms in total. The van der Waals surface area contributed by atoms with Crippen LogP contribution in [0, 0.1) is 12.8 Å². The molecule has 0 N–H and O–H groups in total. The van der Waals surface area contributed by atoms with E-state index in [2.05, 4.69) is 4.57 Å². The van der Waals surface area contributed by atoms with Crippen LogP contribution in [0.25, 0.3) is 0 Å². The van der Waals surface area contributed by atoms with Gasteiger partial charge in [0.05, 0.1) is 0 Å². The van der Waals surface area contributed by atoms with Crippen LogP contribution in [0.15, 0.2) is 24.4 Å². The summed E-state index contributed by atoms with van der Waals surface area (Å²) >= 11 is 0. The molecule has 3 heteroatoms. The van der Waals surface area contributed by atoms with Crippen molar-refractivity contribution in [3.63, 3.8) is 0 Å². The molecule has 1 heterocycles. The van der Waals surface area contributed by atoms with E-state index in [1.54, 1.807) is 0 Å². The smallest absolute Gasteiger partial charge is 0.206 e. The topological polar surface area (TPSA) is 20.9 Å². The van der Waals surface area contributed by atoms with Gasteiger partial charge < -0.3 is 17.0 Å². The van der Waals surface area contributed by atoms with Crippen LogP contribution in [0.4, 0.5) is 0 Å². The highest BCUT2D eigenvalue weighted by atomic mass is 79.9. The molecule has 0 aliphatic heterocycles. The van der Waals surface area contributed by atoms with Gasteiger partial charge in [0.25, 0.3) is 0 Å². The highest BCUT2D eigenvalue weighted by molar-refractivity contribution is 5.79. The number of pyridine rings is 1. The van der Waals surface area contributed by atoms with E-state index in [-0.39, 0.29) is 17.0 Å². The average molecular weight is 298 g/mol. The zero-order valence-electron chi connectivity index (χ0n) is 10.4. The van der Waals surface area contributed by atoms with Crippen molar-refractivity contribution in [2.75, 3.05) is 0 Å². The molecule has 1 aliphatic rings. The summed E-state index contributed by atoms with van der Waals surface area (Å²) < 4.78 is 2.05. The van der Waals surface area contributed by atoms with Crippen molar-refractivity contribution in [1.82, 2.24) is 0 Å². The average Bonchev–Trinajstić information content (AvgIpc) is 2.33. The van der Waals surface area contributed by atoms with Crippen molar-refractivity contribution in [3.05, 3.63) is 30.1 Å². The molecule has 17 heavy (non-hydrogen) atoms. The first-order valence-electron chi connectivity index (χ1n) is 6.25. The van der Waals surface area contributed by atoms with Crippen LogP contribution in [-0.4, -0.2) is 5.78 Å². The fraction of sp³-hybridized carbons (Fsp3) is 0.571. The van der Waals surface area contributed by atoms with Gasteiger partial charge >= 0.3 is 0 Å². The molecule has 0 radical (unpaired) electrons. The Bertz CT molecular complexity index is 372. The van der Waals surface area contributed by atoms with E-state index >= 15 is 0 Å². The molecule has 94 valence electrons. The van der Waals surface area contributed by atoms with Crippen molar-refractivity contribution in [2.24, 2.45) is 5.92 Å². The molecule has 0 saturated heterocycles. The summed E-state index contributed by atoms with van der Waals surface area (Å²) in [5.74, 6) is 0.736. The van der Waals surface area contributed by atoms with Gasteiger partial charge in [0.15, 0.2) is 11.9 Å². The lowest BCUT2D eigenvalue weighted by atomic mass is 9.86. The largest absolute Gasteiger partial charge is 1.00 e. The van der Waals surface area contributed by atoms with Gasteiger partial charge in [-0.1, -0.05) is 25.3 Å². The van der Waals surface area contributed by atoms with Crippen LogP contribution in [0.3, 0.4) is 0 Å². The molecule has 0 atom stereocenters. The van der Waals surface area contributed by atoms with Crippen molar-refractivity contribution < 1.29 is 26.3 Å². The second-order valence-corrected chi connectivity index (χ2v) is 4.77. The summed E-state index contributed by atoms with van der Waals surface area (Å²) in [4.78, 5) is 12.1. The Hall–Kier alpha value is -0.700. The minimum absolute atomic E-state index is 0. The fourth-order valence-electron chi connectivity index (χ4n) is 2.46. The summed E-state index contributed by atoms with van der Waals surface area (Å²) in [6, 6.07) is 6.05. The first kappa shape index (κ1) is 14.4. The Kier molecular flexibility index (Phi) is 5.83. The molecule has 2 rings (SSSR count). The Balaban J connectivity index is 0.00000144. The minimum atomic E-state index is 0. The zero-order valence-corrected chi connectivity index (χ0v) is 11.9. The number of nitrogens with zero attached hydrogens (tertiary/aromatic N) is 1. The second kappa shape index (κ2) is 6.90. The highest BCUT2D eigenvalue weighted by Crippen LogP contribution is 2.24. The van der Waals surface area contributed by atoms with Crippen molar-refractivity contribution in [3.8, 4) is 0 Å². The molecular formula is C14H20BrNO. The maximum atomic E-state index is 12.1. The van der Waals surface area contributed by atoms with Crippen LogP contribution in [0.5, 0.6) is 0 Å². The van der Waals surface area contributed by atoms with Crippen LogP contribution >= 0.6 is 0 Å². The molecule has 0 amide bonds. The second-order valence-electron chi connectivity index (χ2n) is 4.77. The molecule has 0 unspecified atom stereocenters. The van der Waals surface area contributed by atoms with Crippen molar-refractivity contribution >= 4 is 5.78 Å². The van der Waals surface area contributed by atoms with E-state index in [4.69, 9.17) is 0 Å². The number of carbonyl (C=O) groups is 1. The number of rotatable bonds is 3. The van der Waals surface area contributed by atoms with Gasteiger partial charge in [-0.25, -0.2) is 0 Å². The van der Waals surface area contributed by atoms with E-state index in [1.165, 1.54) is 19.3 Å². The first-order chi connectivity index (χ1) is 7.77. The van der Waals surface area contributed by atoms with E-state index in [0.717, 1.165) is 18.5 Å². The van der Waals surface area contributed by atoms with Crippen LogP contribution < -0.4 is 21.5 Å². The van der Waals surface area contributed by atoms with Gasteiger partial charge in [-0.2, -0.15) is 4.57 Å². The highest BCUT2D eigenvalue weighted by Gasteiger charge is 2.24. The fourth-order valence-corrected chi connectivity index (χ4v) is 2.46. The Morgan fingerprint density at radius 2 is 2.00 bits per heavy atom. The van der Waals surface area contributed by atoms with Gasteiger partial charge in [-0.3, -0.25) is 4.79 Å². The van der Waals surface area contributed by atoms with E-state index < -0.39 is 0 Å². The monoisotopic (exact) mass is 297 g/mol. The summed E-state index contributed by atoms with van der Waals surface area (Å²) in [6.07, 6.45) is 7.97. The standard InChI is InChI=1S/C14H20NO.BrH/c1-12-7-5-6-10-15(12)11-14(16)13-8-3-2-4-9-13;/h5-7,10,13H,2-4,8-9,11H2,1H3;1H/q+1;/p-1. The van der Waals surface area contributed by atoms with E-state index in [9.17, 15) is 4.79 Å². The molecule has 0 spiro atoms. The molecule has 0 bridgehead atoms. The molecule has 1 saturated carbocycles. The number of carbonyl (C=O) groups excluding carboxylic acids is 1. The molecular weight excluding hydrogens is 278 g/mol.